The third-order valence-corrected chi connectivity index (χ3v) is 7.63. The van der Waals surface area contributed by atoms with Crippen LogP contribution in [0.25, 0.3) is 43.8 Å². The molecule has 1 nitrogen and oxygen atoms in total. The van der Waals surface area contributed by atoms with Gasteiger partial charge < -0.3 is 4.74 Å². The number of ether oxygens (including phenoxy) is 1. The fourth-order valence-electron chi connectivity index (χ4n) is 6.20. The highest BCUT2D eigenvalue weighted by Gasteiger charge is 2.32. The highest BCUT2D eigenvalue weighted by Crippen LogP contribution is 2.52. The summed E-state index contributed by atoms with van der Waals surface area (Å²) in [6, 6.07) is 30.9. The average molecular weight is 421 g/mol. The number of benzene rings is 5. The Morgan fingerprint density at radius 2 is 1.30 bits per heavy atom. The molecule has 2 unspecified atom stereocenters. The van der Waals surface area contributed by atoms with Crippen LogP contribution in [-0.4, -0.2) is 0 Å². The predicted molar refractivity (Wildman–Crippen MR) is 136 cm³/mol. The minimum Gasteiger partial charge on any atom is -0.456 e. The van der Waals surface area contributed by atoms with Crippen molar-refractivity contribution in [1.82, 2.24) is 0 Å². The van der Waals surface area contributed by atoms with E-state index in [2.05, 4.69) is 109 Å². The molecule has 0 aromatic heterocycles. The van der Waals surface area contributed by atoms with Gasteiger partial charge in [-0.1, -0.05) is 91.0 Å². The Hall–Kier alpha value is -4.10. The molecule has 5 aromatic carbocycles. The van der Waals surface area contributed by atoms with Crippen LogP contribution in [0.15, 0.2) is 109 Å². The van der Waals surface area contributed by atoms with Gasteiger partial charge in [0, 0.05) is 22.8 Å². The highest BCUT2D eigenvalue weighted by atomic mass is 16.5. The Bertz CT molecular complexity index is 1670. The van der Waals surface area contributed by atoms with E-state index >= 15 is 0 Å². The lowest BCUT2D eigenvalue weighted by atomic mass is 9.86. The molecule has 2 aliphatic carbocycles. The molecule has 8 rings (SSSR count). The molecule has 0 amide bonds. The summed E-state index contributed by atoms with van der Waals surface area (Å²) < 4.78 is 6.44. The molecule has 0 bridgehead atoms. The Balaban J connectivity index is 1.34. The molecule has 0 saturated heterocycles. The average Bonchev–Trinajstić information content (AvgIpc) is 3.20. The quantitative estimate of drug-likeness (QED) is 0.258. The van der Waals surface area contributed by atoms with Crippen molar-refractivity contribution < 1.29 is 4.74 Å². The summed E-state index contributed by atoms with van der Waals surface area (Å²) >= 11 is 0. The van der Waals surface area contributed by atoms with E-state index in [9.17, 15) is 0 Å². The maximum Gasteiger partial charge on any atom is 0.135 e. The molecule has 1 heteroatoms. The van der Waals surface area contributed by atoms with E-state index in [4.69, 9.17) is 4.74 Å². The number of hydrogen-bond donors (Lipinski definition) is 0. The van der Waals surface area contributed by atoms with Gasteiger partial charge in [-0.2, -0.15) is 0 Å². The minimum absolute atomic E-state index is 0.452. The molecular weight excluding hydrogens is 400 g/mol. The second-order valence-electron chi connectivity index (χ2n) is 9.27. The molecule has 5 aromatic rings. The lowest BCUT2D eigenvalue weighted by molar-refractivity contribution is 0.487. The maximum atomic E-state index is 6.44. The van der Waals surface area contributed by atoms with Gasteiger partial charge in [0.15, 0.2) is 0 Å². The van der Waals surface area contributed by atoms with Crippen molar-refractivity contribution in [3.63, 3.8) is 0 Å². The normalized spacial score (nSPS) is 18.9. The van der Waals surface area contributed by atoms with Crippen molar-refractivity contribution in [2.75, 3.05) is 0 Å². The molecule has 154 valence electrons. The number of fused-ring (bicyclic) bond motifs is 5. The SMILES string of the molecule is C1=CC2c3cccc4c(-c5ccc6c(c5)Oc5cccc7cccc-6c57)ccc(c34)C2C=C1. The smallest absolute Gasteiger partial charge is 0.135 e. The van der Waals surface area contributed by atoms with E-state index in [0.29, 0.717) is 11.8 Å². The van der Waals surface area contributed by atoms with Crippen LogP contribution >= 0.6 is 0 Å². The van der Waals surface area contributed by atoms with Crippen molar-refractivity contribution in [2.45, 2.75) is 11.8 Å². The molecule has 33 heavy (non-hydrogen) atoms. The molecule has 2 atom stereocenters. The summed E-state index contributed by atoms with van der Waals surface area (Å²) in [4.78, 5) is 0. The van der Waals surface area contributed by atoms with Crippen LogP contribution in [0.4, 0.5) is 0 Å². The van der Waals surface area contributed by atoms with Gasteiger partial charge in [0.25, 0.3) is 0 Å². The van der Waals surface area contributed by atoms with Gasteiger partial charge in [0.1, 0.15) is 11.5 Å². The first-order valence-corrected chi connectivity index (χ1v) is 11.6. The third-order valence-electron chi connectivity index (χ3n) is 7.63. The molecule has 3 aliphatic rings. The van der Waals surface area contributed by atoms with Crippen molar-refractivity contribution in [1.29, 1.82) is 0 Å². The number of allylic oxidation sites excluding steroid dienone is 4. The summed E-state index contributed by atoms with van der Waals surface area (Å²) in [5.74, 6) is 2.78. The van der Waals surface area contributed by atoms with Gasteiger partial charge in [-0.25, -0.2) is 0 Å². The van der Waals surface area contributed by atoms with Crippen molar-refractivity contribution in [3.8, 4) is 33.8 Å². The van der Waals surface area contributed by atoms with E-state index in [1.165, 1.54) is 49.4 Å². The highest BCUT2D eigenvalue weighted by molar-refractivity contribution is 6.06. The Labute approximate surface area is 192 Å². The van der Waals surface area contributed by atoms with Crippen LogP contribution in [0, 0.1) is 0 Å². The molecule has 1 aliphatic heterocycles. The number of hydrogen-bond acceptors (Lipinski definition) is 1. The Morgan fingerprint density at radius 3 is 2.18 bits per heavy atom. The lowest BCUT2D eigenvalue weighted by Crippen LogP contribution is -2.01. The topological polar surface area (TPSA) is 9.23 Å². The van der Waals surface area contributed by atoms with Crippen molar-refractivity contribution in [3.05, 3.63) is 120 Å². The fraction of sp³-hybridized carbons (Fsp3) is 0.0625. The van der Waals surface area contributed by atoms with Gasteiger partial charge in [0.05, 0.1) is 0 Å². The Morgan fingerprint density at radius 1 is 0.545 bits per heavy atom. The standard InChI is InChI=1S/C32H20O/c1-2-9-23-22(8-1)26-12-5-11-25-21(16-17-28(23)32(25)26)20-14-15-24-27-10-3-6-19-7-4-13-29(31(19)27)33-30(24)18-20/h1-18,22-23H. The zero-order valence-electron chi connectivity index (χ0n) is 18.0. The first-order chi connectivity index (χ1) is 16.4. The largest absolute Gasteiger partial charge is 0.456 e. The zero-order chi connectivity index (χ0) is 21.5. The van der Waals surface area contributed by atoms with E-state index in [0.717, 1.165) is 17.1 Å². The van der Waals surface area contributed by atoms with Crippen LogP contribution in [0.1, 0.15) is 23.0 Å². The molecule has 0 N–H and O–H groups in total. The van der Waals surface area contributed by atoms with Crippen molar-refractivity contribution >= 4 is 21.5 Å². The van der Waals surface area contributed by atoms with E-state index in [1.807, 2.05) is 0 Å². The summed E-state index contributed by atoms with van der Waals surface area (Å²) in [7, 11) is 0. The minimum atomic E-state index is 0.452. The van der Waals surface area contributed by atoms with Gasteiger partial charge in [0.2, 0.25) is 0 Å². The first kappa shape index (κ1) is 17.5. The predicted octanol–water partition coefficient (Wildman–Crippen LogP) is 8.74. The second-order valence-corrected chi connectivity index (χ2v) is 9.27. The zero-order valence-corrected chi connectivity index (χ0v) is 18.0. The molecule has 1 heterocycles. The molecule has 0 radical (unpaired) electrons. The summed E-state index contributed by atoms with van der Waals surface area (Å²) in [6.45, 7) is 0. The Kier molecular flexibility index (Phi) is 3.30. The van der Waals surface area contributed by atoms with Gasteiger partial charge in [-0.3, -0.25) is 0 Å². The fourth-order valence-corrected chi connectivity index (χ4v) is 6.20. The summed E-state index contributed by atoms with van der Waals surface area (Å²) in [5.41, 5.74) is 7.78. The first-order valence-electron chi connectivity index (χ1n) is 11.6. The molecular formula is C32H20O. The van der Waals surface area contributed by atoms with Gasteiger partial charge >= 0.3 is 0 Å². The van der Waals surface area contributed by atoms with Crippen LogP contribution in [0.3, 0.4) is 0 Å². The van der Waals surface area contributed by atoms with Gasteiger partial charge in [-0.15, -0.1) is 0 Å². The van der Waals surface area contributed by atoms with E-state index in [1.54, 1.807) is 0 Å². The number of rotatable bonds is 1. The maximum absolute atomic E-state index is 6.44. The molecule has 0 fully saturated rings. The lowest BCUT2D eigenvalue weighted by Gasteiger charge is -2.22. The van der Waals surface area contributed by atoms with Crippen LogP contribution in [-0.2, 0) is 0 Å². The summed E-state index contributed by atoms with van der Waals surface area (Å²) in [5, 5.41) is 5.18. The summed E-state index contributed by atoms with van der Waals surface area (Å²) in [6.07, 6.45) is 9.08. The second kappa shape index (κ2) is 6.24. The van der Waals surface area contributed by atoms with Crippen LogP contribution in [0.5, 0.6) is 11.5 Å². The molecule has 0 spiro atoms. The van der Waals surface area contributed by atoms with Crippen LogP contribution < -0.4 is 4.74 Å². The van der Waals surface area contributed by atoms with E-state index in [-0.39, 0.29) is 0 Å². The third kappa shape index (κ3) is 2.27. The van der Waals surface area contributed by atoms with E-state index < -0.39 is 0 Å². The monoisotopic (exact) mass is 420 g/mol. The molecule has 0 saturated carbocycles. The van der Waals surface area contributed by atoms with Gasteiger partial charge in [-0.05, 0) is 62.2 Å². The van der Waals surface area contributed by atoms with Crippen molar-refractivity contribution in [2.24, 2.45) is 0 Å². The van der Waals surface area contributed by atoms with Crippen LogP contribution in [0.2, 0.25) is 0 Å².